The van der Waals surface area contributed by atoms with Gasteiger partial charge in [0.25, 0.3) is 5.89 Å². The zero-order chi connectivity index (χ0) is 17.9. The summed E-state index contributed by atoms with van der Waals surface area (Å²) in [5, 5.41) is 13.7. The van der Waals surface area contributed by atoms with Crippen molar-refractivity contribution in [3.05, 3.63) is 47.1 Å². The lowest BCUT2D eigenvalue weighted by molar-refractivity contribution is -0.137. The molecular weight excluding hydrogens is 323 g/mol. The number of aromatic nitrogens is 2. The highest BCUT2D eigenvalue weighted by Crippen LogP contribution is 2.29. The molecule has 3 N–H and O–H groups in total. The molecule has 5 nitrogen and oxygen atoms in total. The lowest BCUT2D eigenvalue weighted by Gasteiger charge is -2.18. The van der Waals surface area contributed by atoms with Crippen molar-refractivity contribution in [3.8, 4) is 0 Å². The zero-order valence-corrected chi connectivity index (χ0v) is 13.2. The molecule has 1 aromatic heterocycles. The summed E-state index contributed by atoms with van der Waals surface area (Å²) in [5.74, 6) is 0.229. The summed E-state index contributed by atoms with van der Waals surface area (Å²) in [7, 11) is 0. The number of nitrogens with two attached hydrogens (primary N) is 1. The van der Waals surface area contributed by atoms with Crippen molar-refractivity contribution < 1.29 is 22.8 Å². The molecule has 2 rings (SSSR count). The van der Waals surface area contributed by atoms with Crippen LogP contribution in [0.1, 0.15) is 42.8 Å². The van der Waals surface area contributed by atoms with Crippen LogP contribution in [0.5, 0.6) is 0 Å². The number of benzene rings is 1. The number of aliphatic hydroxyl groups is 1. The standard InChI is InChI=1S/C16H18F3N3O2/c1-9(2)13(20)14(23)15-21-12(24-22-15)8-5-10-3-6-11(7-4-10)16(17,18)19/h3-9,13-14,23H,20H2,1-2H3/b8-5+/t13-,14?/m0/s1. The number of halogens is 3. The molecule has 1 aromatic carbocycles. The number of aliphatic hydroxyl groups excluding tert-OH is 1. The Labute approximate surface area is 137 Å². The van der Waals surface area contributed by atoms with Crippen LogP contribution >= 0.6 is 0 Å². The van der Waals surface area contributed by atoms with E-state index in [2.05, 4.69) is 10.1 Å². The average molecular weight is 341 g/mol. The topological polar surface area (TPSA) is 85.2 Å². The first-order valence-electron chi connectivity index (χ1n) is 7.31. The summed E-state index contributed by atoms with van der Waals surface area (Å²) >= 11 is 0. The molecule has 0 amide bonds. The minimum atomic E-state index is -4.37. The summed E-state index contributed by atoms with van der Waals surface area (Å²) in [5.41, 5.74) is 5.66. The second-order valence-corrected chi connectivity index (χ2v) is 5.71. The van der Waals surface area contributed by atoms with Crippen molar-refractivity contribution in [2.24, 2.45) is 11.7 Å². The van der Waals surface area contributed by atoms with Crippen LogP contribution in [0.15, 0.2) is 28.8 Å². The Hall–Kier alpha value is -2.19. The van der Waals surface area contributed by atoms with Crippen LogP contribution in [-0.4, -0.2) is 21.3 Å². The predicted octanol–water partition coefficient (Wildman–Crippen LogP) is 3.28. The molecule has 0 bridgehead atoms. The molecule has 1 heterocycles. The highest BCUT2D eigenvalue weighted by molar-refractivity contribution is 5.66. The van der Waals surface area contributed by atoms with E-state index in [4.69, 9.17) is 10.3 Å². The van der Waals surface area contributed by atoms with E-state index >= 15 is 0 Å². The van der Waals surface area contributed by atoms with Gasteiger partial charge in [-0.2, -0.15) is 18.2 Å². The number of alkyl halides is 3. The fraction of sp³-hybridized carbons (Fsp3) is 0.375. The summed E-state index contributed by atoms with van der Waals surface area (Å²) in [4.78, 5) is 4.01. The molecule has 130 valence electrons. The van der Waals surface area contributed by atoms with Crippen LogP contribution in [-0.2, 0) is 6.18 Å². The summed E-state index contributed by atoms with van der Waals surface area (Å²) in [6, 6.07) is 4.11. The minimum absolute atomic E-state index is 0.0321. The molecule has 2 aromatic rings. The minimum Gasteiger partial charge on any atom is -0.383 e. The molecule has 0 radical (unpaired) electrons. The first-order valence-corrected chi connectivity index (χ1v) is 7.31. The van der Waals surface area contributed by atoms with Gasteiger partial charge in [-0.3, -0.25) is 0 Å². The van der Waals surface area contributed by atoms with E-state index in [1.807, 2.05) is 13.8 Å². The van der Waals surface area contributed by atoms with Crippen molar-refractivity contribution in [2.75, 3.05) is 0 Å². The van der Waals surface area contributed by atoms with Gasteiger partial charge in [-0.1, -0.05) is 31.1 Å². The van der Waals surface area contributed by atoms with Gasteiger partial charge in [-0.15, -0.1) is 0 Å². The highest BCUT2D eigenvalue weighted by atomic mass is 19.4. The Morgan fingerprint density at radius 3 is 2.33 bits per heavy atom. The second kappa shape index (κ2) is 7.14. The number of hydrogen-bond acceptors (Lipinski definition) is 5. The Bertz CT molecular complexity index is 693. The lowest BCUT2D eigenvalue weighted by atomic mass is 9.99. The van der Waals surface area contributed by atoms with Crippen LogP contribution in [0.3, 0.4) is 0 Å². The number of nitrogens with zero attached hydrogens (tertiary/aromatic N) is 2. The average Bonchev–Trinajstić information content (AvgIpc) is 3.00. The van der Waals surface area contributed by atoms with Crippen LogP contribution in [0, 0.1) is 5.92 Å². The molecule has 0 aliphatic rings. The SMILES string of the molecule is CC(C)[C@H](N)C(O)c1noc(/C=C/c2ccc(C(F)(F)F)cc2)n1. The maximum atomic E-state index is 12.5. The van der Waals surface area contributed by atoms with Crippen LogP contribution < -0.4 is 5.73 Å². The Morgan fingerprint density at radius 2 is 1.79 bits per heavy atom. The third kappa shape index (κ3) is 4.42. The van der Waals surface area contributed by atoms with Crippen molar-refractivity contribution in [1.82, 2.24) is 10.1 Å². The molecule has 8 heteroatoms. The smallest absolute Gasteiger partial charge is 0.383 e. The van der Waals surface area contributed by atoms with E-state index in [1.54, 1.807) is 0 Å². The van der Waals surface area contributed by atoms with Gasteiger partial charge in [0.15, 0.2) is 0 Å². The van der Waals surface area contributed by atoms with E-state index < -0.39 is 23.9 Å². The molecule has 0 aliphatic heterocycles. The quantitative estimate of drug-likeness (QED) is 0.872. The van der Waals surface area contributed by atoms with Gasteiger partial charge in [0.05, 0.1) is 5.56 Å². The van der Waals surface area contributed by atoms with E-state index in [-0.39, 0.29) is 17.6 Å². The first-order chi connectivity index (χ1) is 11.2. The molecule has 0 saturated heterocycles. The highest BCUT2D eigenvalue weighted by Gasteiger charge is 2.29. The van der Waals surface area contributed by atoms with E-state index in [1.165, 1.54) is 24.3 Å². The zero-order valence-electron chi connectivity index (χ0n) is 13.2. The molecule has 24 heavy (non-hydrogen) atoms. The van der Waals surface area contributed by atoms with Crippen molar-refractivity contribution in [2.45, 2.75) is 32.2 Å². The van der Waals surface area contributed by atoms with Crippen molar-refractivity contribution in [3.63, 3.8) is 0 Å². The van der Waals surface area contributed by atoms with Crippen LogP contribution in [0.4, 0.5) is 13.2 Å². The lowest BCUT2D eigenvalue weighted by Crippen LogP contribution is -2.34. The summed E-state index contributed by atoms with van der Waals surface area (Å²) in [6.45, 7) is 3.72. The third-order valence-corrected chi connectivity index (χ3v) is 3.51. The molecule has 0 saturated carbocycles. The van der Waals surface area contributed by atoms with Gasteiger partial charge >= 0.3 is 6.18 Å². The van der Waals surface area contributed by atoms with E-state index in [0.717, 1.165) is 12.1 Å². The van der Waals surface area contributed by atoms with Crippen LogP contribution in [0.25, 0.3) is 12.2 Å². The molecular formula is C16H18F3N3O2. The largest absolute Gasteiger partial charge is 0.416 e. The first kappa shape index (κ1) is 18.2. The third-order valence-electron chi connectivity index (χ3n) is 3.51. The summed E-state index contributed by atoms with van der Waals surface area (Å²) < 4.78 is 42.4. The Balaban J connectivity index is 2.08. The van der Waals surface area contributed by atoms with Gasteiger partial charge in [-0.25, -0.2) is 0 Å². The molecule has 0 fully saturated rings. The number of hydrogen-bond donors (Lipinski definition) is 2. The number of rotatable bonds is 5. The second-order valence-electron chi connectivity index (χ2n) is 5.71. The van der Waals surface area contributed by atoms with Gasteiger partial charge in [0.1, 0.15) is 6.10 Å². The fourth-order valence-corrected chi connectivity index (χ4v) is 1.92. The normalized spacial score (nSPS) is 15.2. The van der Waals surface area contributed by atoms with Crippen LogP contribution in [0.2, 0.25) is 0 Å². The van der Waals surface area contributed by atoms with Gasteiger partial charge in [0.2, 0.25) is 5.82 Å². The van der Waals surface area contributed by atoms with Crippen molar-refractivity contribution in [1.29, 1.82) is 0 Å². The van der Waals surface area contributed by atoms with E-state index in [0.29, 0.717) is 5.56 Å². The Kier molecular flexibility index (Phi) is 5.40. The molecule has 2 atom stereocenters. The maximum absolute atomic E-state index is 12.5. The van der Waals surface area contributed by atoms with Gasteiger partial charge in [-0.05, 0) is 29.7 Å². The maximum Gasteiger partial charge on any atom is 0.416 e. The Morgan fingerprint density at radius 1 is 1.17 bits per heavy atom. The van der Waals surface area contributed by atoms with Gasteiger partial charge < -0.3 is 15.4 Å². The molecule has 0 aliphatic carbocycles. The fourth-order valence-electron chi connectivity index (χ4n) is 1.92. The molecule has 0 spiro atoms. The predicted molar refractivity (Wildman–Crippen MR) is 82.4 cm³/mol. The van der Waals surface area contributed by atoms with Gasteiger partial charge in [0, 0.05) is 12.1 Å². The summed E-state index contributed by atoms with van der Waals surface area (Å²) in [6.07, 6.45) is -2.43. The van der Waals surface area contributed by atoms with Crippen molar-refractivity contribution >= 4 is 12.2 Å². The monoisotopic (exact) mass is 341 g/mol. The molecule has 1 unspecified atom stereocenters. The van der Waals surface area contributed by atoms with E-state index in [9.17, 15) is 18.3 Å².